The molecule has 1 aromatic rings. The number of halogens is 3. The lowest BCUT2D eigenvalue weighted by Gasteiger charge is -2.26. The number of hydrogen-bond acceptors (Lipinski definition) is 4. The summed E-state index contributed by atoms with van der Waals surface area (Å²) in [5.74, 6) is -5.32. The van der Waals surface area contributed by atoms with Crippen LogP contribution < -0.4 is 10.2 Å². The summed E-state index contributed by atoms with van der Waals surface area (Å²) in [6, 6.07) is 1.72. The van der Waals surface area contributed by atoms with E-state index in [4.69, 9.17) is 4.74 Å². The van der Waals surface area contributed by atoms with Crippen molar-refractivity contribution in [3.8, 4) is 0 Å². The molecule has 0 radical (unpaired) electrons. The van der Waals surface area contributed by atoms with Crippen molar-refractivity contribution in [3.05, 3.63) is 29.6 Å². The third kappa shape index (κ3) is 5.43. The van der Waals surface area contributed by atoms with Gasteiger partial charge in [0.2, 0.25) is 11.8 Å². The third-order valence-corrected chi connectivity index (χ3v) is 4.10. The Hall–Kier alpha value is -2.13. The Morgan fingerprint density at radius 2 is 1.88 bits per heavy atom. The fourth-order valence-corrected chi connectivity index (χ4v) is 2.65. The van der Waals surface area contributed by atoms with Crippen LogP contribution in [0.15, 0.2) is 12.1 Å². The SMILES string of the molecule is CC(=O)N(CCC(=O)NCCN1CCOCC1)c1ccc(F)c(F)c1F. The second-order valence-electron chi connectivity index (χ2n) is 5.92. The monoisotopic (exact) mass is 373 g/mol. The van der Waals surface area contributed by atoms with E-state index >= 15 is 0 Å². The number of hydrogen-bond donors (Lipinski definition) is 1. The van der Waals surface area contributed by atoms with Crippen molar-refractivity contribution < 1.29 is 27.5 Å². The van der Waals surface area contributed by atoms with Gasteiger partial charge in [-0.3, -0.25) is 14.5 Å². The smallest absolute Gasteiger partial charge is 0.223 e. The highest BCUT2D eigenvalue weighted by molar-refractivity contribution is 5.92. The zero-order valence-corrected chi connectivity index (χ0v) is 14.6. The minimum absolute atomic E-state index is 0.0822. The molecule has 1 aromatic carbocycles. The van der Waals surface area contributed by atoms with E-state index in [1.807, 2.05) is 0 Å². The summed E-state index contributed by atoms with van der Waals surface area (Å²) in [4.78, 5) is 26.7. The minimum atomic E-state index is -1.65. The summed E-state index contributed by atoms with van der Waals surface area (Å²) in [6.45, 7) is 5.11. The van der Waals surface area contributed by atoms with Gasteiger partial charge in [-0.1, -0.05) is 0 Å². The molecule has 0 unspecified atom stereocenters. The number of carbonyl (C=O) groups excluding carboxylic acids is 2. The van der Waals surface area contributed by atoms with Crippen LogP contribution in [0.2, 0.25) is 0 Å². The topological polar surface area (TPSA) is 61.9 Å². The molecule has 0 atom stereocenters. The molecule has 26 heavy (non-hydrogen) atoms. The van der Waals surface area contributed by atoms with Crippen LogP contribution in [0.1, 0.15) is 13.3 Å². The van der Waals surface area contributed by atoms with E-state index in [9.17, 15) is 22.8 Å². The van der Waals surface area contributed by atoms with Crippen molar-refractivity contribution in [1.82, 2.24) is 10.2 Å². The minimum Gasteiger partial charge on any atom is -0.379 e. The molecule has 1 heterocycles. The van der Waals surface area contributed by atoms with Gasteiger partial charge < -0.3 is 15.0 Å². The van der Waals surface area contributed by atoms with Gasteiger partial charge in [-0.15, -0.1) is 0 Å². The predicted octanol–water partition coefficient (Wildman–Crippen LogP) is 1.30. The summed E-state index contributed by atoms with van der Waals surface area (Å²) in [5.41, 5.74) is -0.391. The Labute approximate surface area is 149 Å². The van der Waals surface area contributed by atoms with E-state index in [1.54, 1.807) is 0 Å². The number of benzene rings is 1. The average Bonchev–Trinajstić information content (AvgIpc) is 2.62. The molecule has 1 aliphatic rings. The Balaban J connectivity index is 1.85. The first-order valence-electron chi connectivity index (χ1n) is 8.38. The summed E-state index contributed by atoms with van der Waals surface area (Å²) in [5, 5.41) is 2.72. The summed E-state index contributed by atoms with van der Waals surface area (Å²) >= 11 is 0. The number of nitrogens with one attached hydrogen (secondary N) is 1. The lowest BCUT2D eigenvalue weighted by Crippen LogP contribution is -2.42. The van der Waals surface area contributed by atoms with Crippen LogP contribution in [0, 0.1) is 17.5 Å². The molecule has 1 N–H and O–H groups in total. The van der Waals surface area contributed by atoms with Gasteiger partial charge >= 0.3 is 0 Å². The molecule has 1 saturated heterocycles. The van der Waals surface area contributed by atoms with Crippen LogP contribution in [0.5, 0.6) is 0 Å². The number of nitrogens with zero attached hydrogens (tertiary/aromatic N) is 2. The zero-order valence-electron chi connectivity index (χ0n) is 14.6. The van der Waals surface area contributed by atoms with Crippen LogP contribution in [0.25, 0.3) is 0 Å². The second kappa shape index (κ2) is 9.54. The van der Waals surface area contributed by atoms with Gasteiger partial charge in [0.1, 0.15) is 0 Å². The fraction of sp³-hybridized carbons (Fsp3) is 0.529. The third-order valence-electron chi connectivity index (χ3n) is 4.10. The highest BCUT2D eigenvalue weighted by atomic mass is 19.2. The number of ether oxygens (including phenoxy) is 1. The van der Waals surface area contributed by atoms with Gasteiger partial charge in [-0.2, -0.15) is 0 Å². The first-order valence-corrected chi connectivity index (χ1v) is 8.38. The maximum atomic E-state index is 13.9. The van der Waals surface area contributed by atoms with E-state index in [0.717, 1.165) is 37.0 Å². The molecular formula is C17H22F3N3O3. The van der Waals surface area contributed by atoms with Gasteiger partial charge in [0.25, 0.3) is 0 Å². The molecule has 9 heteroatoms. The highest BCUT2D eigenvalue weighted by Crippen LogP contribution is 2.24. The van der Waals surface area contributed by atoms with Crippen molar-refractivity contribution in [3.63, 3.8) is 0 Å². The molecule has 1 aliphatic heterocycles. The molecule has 144 valence electrons. The fourth-order valence-electron chi connectivity index (χ4n) is 2.65. The largest absolute Gasteiger partial charge is 0.379 e. The Morgan fingerprint density at radius 1 is 1.19 bits per heavy atom. The standard InChI is InChI=1S/C17H22F3N3O3/c1-12(24)23(14-3-2-13(18)16(19)17(14)20)6-4-15(25)21-5-7-22-8-10-26-11-9-22/h2-3H,4-11H2,1H3,(H,21,25). The molecule has 0 saturated carbocycles. The van der Waals surface area contributed by atoms with E-state index in [2.05, 4.69) is 10.2 Å². The molecular weight excluding hydrogens is 351 g/mol. The number of anilines is 1. The van der Waals surface area contributed by atoms with E-state index in [1.165, 1.54) is 0 Å². The van der Waals surface area contributed by atoms with Gasteiger partial charge in [0.15, 0.2) is 17.5 Å². The summed E-state index contributed by atoms with van der Waals surface area (Å²) in [7, 11) is 0. The molecule has 0 bridgehead atoms. The molecule has 0 aliphatic carbocycles. The second-order valence-corrected chi connectivity index (χ2v) is 5.92. The first kappa shape index (κ1) is 20.2. The van der Waals surface area contributed by atoms with Crippen molar-refractivity contribution in [1.29, 1.82) is 0 Å². The molecule has 2 amide bonds. The molecule has 2 rings (SSSR count). The van der Waals surface area contributed by atoms with E-state index in [-0.39, 0.29) is 18.9 Å². The van der Waals surface area contributed by atoms with Gasteiger partial charge in [-0.25, -0.2) is 13.2 Å². The Morgan fingerprint density at radius 3 is 2.54 bits per heavy atom. The molecule has 0 spiro atoms. The van der Waals surface area contributed by atoms with Gasteiger partial charge in [-0.05, 0) is 12.1 Å². The summed E-state index contributed by atoms with van der Waals surface area (Å²) in [6.07, 6.45) is -0.0822. The van der Waals surface area contributed by atoms with Crippen LogP contribution in [0.3, 0.4) is 0 Å². The van der Waals surface area contributed by atoms with Gasteiger partial charge in [0, 0.05) is 46.1 Å². The van der Waals surface area contributed by atoms with E-state index in [0.29, 0.717) is 26.3 Å². The summed E-state index contributed by atoms with van der Waals surface area (Å²) < 4.78 is 45.5. The van der Waals surface area contributed by atoms with Crippen molar-refractivity contribution >= 4 is 17.5 Å². The van der Waals surface area contributed by atoms with Crippen molar-refractivity contribution in [2.75, 3.05) is 50.8 Å². The van der Waals surface area contributed by atoms with Gasteiger partial charge in [0.05, 0.1) is 18.9 Å². The van der Waals surface area contributed by atoms with Crippen LogP contribution in [0.4, 0.5) is 18.9 Å². The van der Waals surface area contributed by atoms with Crippen molar-refractivity contribution in [2.24, 2.45) is 0 Å². The van der Waals surface area contributed by atoms with E-state index < -0.39 is 29.0 Å². The average molecular weight is 373 g/mol. The molecule has 6 nitrogen and oxygen atoms in total. The lowest BCUT2D eigenvalue weighted by atomic mass is 10.2. The highest BCUT2D eigenvalue weighted by Gasteiger charge is 2.21. The van der Waals surface area contributed by atoms with Crippen molar-refractivity contribution in [2.45, 2.75) is 13.3 Å². The predicted molar refractivity (Wildman–Crippen MR) is 89.2 cm³/mol. The maximum absolute atomic E-state index is 13.9. The van der Waals surface area contributed by atoms with Crippen LogP contribution in [-0.2, 0) is 14.3 Å². The molecule has 0 aromatic heterocycles. The van der Waals surface area contributed by atoms with Crippen LogP contribution in [-0.4, -0.2) is 62.7 Å². The van der Waals surface area contributed by atoms with Crippen LogP contribution >= 0.6 is 0 Å². The Kier molecular flexibility index (Phi) is 7.40. The number of rotatable bonds is 7. The number of morpholine rings is 1. The normalized spacial score (nSPS) is 14.9. The zero-order chi connectivity index (χ0) is 19.1. The first-order chi connectivity index (χ1) is 12.4. The quantitative estimate of drug-likeness (QED) is 0.732. The number of carbonyl (C=O) groups is 2. The number of amides is 2. The maximum Gasteiger partial charge on any atom is 0.223 e. The molecule has 1 fully saturated rings. The lowest BCUT2D eigenvalue weighted by molar-refractivity contribution is -0.121. The Bertz CT molecular complexity index is 652.